The van der Waals surface area contributed by atoms with E-state index in [0.29, 0.717) is 13.2 Å². The molecule has 0 aromatic carbocycles. The fourth-order valence-corrected chi connectivity index (χ4v) is 2.37. The lowest BCUT2D eigenvalue weighted by atomic mass is 10.2. The Morgan fingerprint density at radius 3 is 2.67 bits per heavy atom. The maximum atomic E-state index is 12.6. The van der Waals surface area contributed by atoms with Gasteiger partial charge in [-0.05, 0) is 12.8 Å². The van der Waals surface area contributed by atoms with Crippen LogP contribution >= 0.6 is 0 Å². The Bertz CT molecular complexity index is 423. The molecule has 0 aromatic rings. The van der Waals surface area contributed by atoms with Crippen molar-refractivity contribution in [2.45, 2.75) is 31.3 Å². The summed E-state index contributed by atoms with van der Waals surface area (Å²) >= 11 is 0. The zero-order valence-corrected chi connectivity index (χ0v) is 12.0. The van der Waals surface area contributed by atoms with Crippen molar-refractivity contribution in [2.75, 3.05) is 33.4 Å². The summed E-state index contributed by atoms with van der Waals surface area (Å²) < 4.78 is 9.93. The molecule has 0 radical (unpaired) electrons. The summed E-state index contributed by atoms with van der Waals surface area (Å²) in [6.07, 6.45) is 1.65. The monoisotopic (exact) mass is 300 g/mol. The Labute approximate surface area is 122 Å². The molecule has 1 heterocycles. The van der Waals surface area contributed by atoms with E-state index in [2.05, 4.69) is 0 Å². The number of carboxylic acids is 1. The Hall–Kier alpha value is -1.83. The third-order valence-electron chi connectivity index (χ3n) is 3.65. The molecular weight excluding hydrogens is 280 g/mol. The summed E-state index contributed by atoms with van der Waals surface area (Å²) in [5, 5.41) is 8.79. The van der Waals surface area contributed by atoms with E-state index in [1.54, 1.807) is 4.90 Å². The second-order valence-corrected chi connectivity index (χ2v) is 5.16. The number of aliphatic carboxylic acids is 1. The van der Waals surface area contributed by atoms with Gasteiger partial charge in [-0.1, -0.05) is 0 Å². The van der Waals surface area contributed by atoms with Crippen molar-refractivity contribution >= 4 is 18.0 Å². The van der Waals surface area contributed by atoms with Gasteiger partial charge in [0.05, 0.1) is 26.7 Å². The number of nitrogens with zero attached hydrogens (tertiary/aromatic N) is 2. The third kappa shape index (κ3) is 3.84. The summed E-state index contributed by atoms with van der Waals surface area (Å²) in [6.45, 7) is 0.922. The van der Waals surface area contributed by atoms with Crippen LogP contribution in [0.4, 0.5) is 4.79 Å². The standard InChI is InChI=1S/C13H20N2O6/c1-20-12(18)10-8-21-7-6-15(10)13(19)14(9-2-3-9)5-4-11(16)17/h9-10H,2-8H2,1H3,(H,16,17). The van der Waals surface area contributed by atoms with Gasteiger partial charge in [-0.25, -0.2) is 9.59 Å². The Morgan fingerprint density at radius 2 is 2.10 bits per heavy atom. The van der Waals surface area contributed by atoms with Crippen LogP contribution in [0.5, 0.6) is 0 Å². The third-order valence-corrected chi connectivity index (χ3v) is 3.65. The van der Waals surface area contributed by atoms with Crippen LogP contribution in [0.3, 0.4) is 0 Å². The zero-order valence-electron chi connectivity index (χ0n) is 12.0. The number of carbonyl (C=O) groups excluding carboxylic acids is 2. The van der Waals surface area contributed by atoms with E-state index in [-0.39, 0.29) is 31.6 Å². The van der Waals surface area contributed by atoms with Crippen molar-refractivity contribution in [3.8, 4) is 0 Å². The first kappa shape index (κ1) is 15.6. The first-order valence-electron chi connectivity index (χ1n) is 6.99. The predicted molar refractivity (Wildman–Crippen MR) is 70.7 cm³/mol. The van der Waals surface area contributed by atoms with Crippen LogP contribution in [0, 0.1) is 0 Å². The van der Waals surface area contributed by atoms with Gasteiger partial charge in [0.2, 0.25) is 0 Å². The first-order valence-corrected chi connectivity index (χ1v) is 6.99. The summed E-state index contributed by atoms with van der Waals surface area (Å²) in [6, 6.07) is -0.988. The van der Waals surface area contributed by atoms with E-state index >= 15 is 0 Å². The van der Waals surface area contributed by atoms with E-state index in [9.17, 15) is 14.4 Å². The number of rotatable bonds is 5. The van der Waals surface area contributed by atoms with Crippen molar-refractivity contribution in [3.63, 3.8) is 0 Å². The SMILES string of the molecule is COC(=O)C1COCCN1C(=O)N(CCC(=O)O)C1CC1. The van der Waals surface area contributed by atoms with Gasteiger partial charge in [-0.2, -0.15) is 0 Å². The maximum Gasteiger partial charge on any atom is 0.331 e. The molecule has 1 aliphatic carbocycles. The second kappa shape index (κ2) is 6.75. The van der Waals surface area contributed by atoms with Gasteiger partial charge in [0.1, 0.15) is 0 Å². The molecule has 118 valence electrons. The molecule has 1 saturated heterocycles. The number of esters is 1. The number of methoxy groups -OCH3 is 1. The van der Waals surface area contributed by atoms with E-state index < -0.39 is 18.0 Å². The van der Waals surface area contributed by atoms with Crippen LogP contribution < -0.4 is 0 Å². The fourth-order valence-electron chi connectivity index (χ4n) is 2.37. The van der Waals surface area contributed by atoms with Crippen LogP contribution in [-0.4, -0.2) is 78.4 Å². The highest BCUT2D eigenvalue weighted by Gasteiger charge is 2.40. The highest BCUT2D eigenvalue weighted by Crippen LogP contribution is 2.28. The highest BCUT2D eigenvalue weighted by molar-refractivity contribution is 5.84. The zero-order chi connectivity index (χ0) is 15.4. The van der Waals surface area contributed by atoms with Crippen molar-refractivity contribution in [2.24, 2.45) is 0 Å². The summed E-state index contributed by atoms with van der Waals surface area (Å²) in [7, 11) is 1.27. The topological polar surface area (TPSA) is 96.4 Å². The van der Waals surface area contributed by atoms with Crippen LogP contribution in [0.25, 0.3) is 0 Å². The van der Waals surface area contributed by atoms with E-state index in [1.165, 1.54) is 12.0 Å². The molecule has 2 amide bonds. The minimum absolute atomic E-state index is 0.0815. The van der Waals surface area contributed by atoms with Crippen LogP contribution in [-0.2, 0) is 19.1 Å². The van der Waals surface area contributed by atoms with Gasteiger partial charge < -0.3 is 24.4 Å². The van der Waals surface area contributed by atoms with Gasteiger partial charge in [0.15, 0.2) is 6.04 Å². The molecule has 21 heavy (non-hydrogen) atoms. The Balaban J connectivity index is 2.06. The number of morpholine rings is 1. The Morgan fingerprint density at radius 1 is 1.38 bits per heavy atom. The average Bonchev–Trinajstić information content (AvgIpc) is 3.31. The van der Waals surface area contributed by atoms with E-state index in [0.717, 1.165) is 12.8 Å². The lowest BCUT2D eigenvalue weighted by molar-refractivity contribution is -0.151. The van der Waals surface area contributed by atoms with Crippen molar-refractivity contribution in [1.82, 2.24) is 9.80 Å². The van der Waals surface area contributed by atoms with Gasteiger partial charge in [0, 0.05) is 19.1 Å². The molecule has 1 atom stereocenters. The molecule has 0 bridgehead atoms. The van der Waals surface area contributed by atoms with Gasteiger partial charge in [0.25, 0.3) is 0 Å². The maximum absolute atomic E-state index is 12.6. The smallest absolute Gasteiger partial charge is 0.331 e. The van der Waals surface area contributed by atoms with E-state index in [1.807, 2.05) is 0 Å². The number of hydrogen-bond donors (Lipinski definition) is 1. The Kier molecular flexibility index (Phi) is 5.00. The fraction of sp³-hybridized carbons (Fsp3) is 0.769. The number of hydrogen-bond acceptors (Lipinski definition) is 5. The average molecular weight is 300 g/mol. The number of ether oxygens (including phenoxy) is 2. The lowest BCUT2D eigenvalue weighted by Gasteiger charge is -2.37. The molecular formula is C13H20N2O6. The predicted octanol–water partition coefficient (Wildman–Crippen LogP) is -0.0807. The van der Waals surface area contributed by atoms with Crippen molar-refractivity contribution in [3.05, 3.63) is 0 Å². The molecule has 1 unspecified atom stereocenters. The number of amides is 2. The molecule has 1 saturated carbocycles. The normalized spacial score (nSPS) is 21.8. The molecule has 0 aromatic heterocycles. The minimum atomic E-state index is -0.944. The molecule has 2 rings (SSSR count). The first-order chi connectivity index (χ1) is 10.0. The van der Waals surface area contributed by atoms with E-state index in [4.69, 9.17) is 14.6 Å². The molecule has 2 aliphatic rings. The van der Waals surface area contributed by atoms with Crippen molar-refractivity contribution in [1.29, 1.82) is 0 Å². The van der Waals surface area contributed by atoms with Crippen molar-refractivity contribution < 1.29 is 29.0 Å². The number of carbonyl (C=O) groups is 3. The summed E-state index contributed by atoms with van der Waals surface area (Å²) in [5.74, 6) is -1.46. The lowest BCUT2D eigenvalue weighted by Crippen LogP contribution is -2.57. The quantitative estimate of drug-likeness (QED) is 0.713. The highest BCUT2D eigenvalue weighted by atomic mass is 16.5. The molecule has 1 N–H and O–H groups in total. The summed E-state index contributed by atoms with van der Waals surface area (Å²) in [5.41, 5.74) is 0. The van der Waals surface area contributed by atoms with Gasteiger partial charge in [-0.15, -0.1) is 0 Å². The van der Waals surface area contributed by atoms with Crippen LogP contribution in [0.1, 0.15) is 19.3 Å². The molecule has 0 spiro atoms. The number of carboxylic acid groups (broad SMARTS) is 1. The van der Waals surface area contributed by atoms with Gasteiger partial charge in [-0.3, -0.25) is 4.79 Å². The molecule has 1 aliphatic heterocycles. The van der Waals surface area contributed by atoms with Crippen LogP contribution in [0.2, 0.25) is 0 Å². The largest absolute Gasteiger partial charge is 0.481 e. The molecule has 8 heteroatoms. The second-order valence-electron chi connectivity index (χ2n) is 5.16. The minimum Gasteiger partial charge on any atom is -0.481 e. The van der Waals surface area contributed by atoms with Gasteiger partial charge >= 0.3 is 18.0 Å². The molecule has 8 nitrogen and oxygen atoms in total. The molecule has 2 fully saturated rings. The summed E-state index contributed by atoms with van der Waals surface area (Å²) in [4.78, 5) is 38.1. The van der Waals surface area contributed by atoms with Crippen LogP contribution in [0.15, 0.2) is 0 Å². The number of urea groups is 1.